The maximum absolute atomic E-state index is 10.7. The average Bonchev–Trinajstić information content (AvgIpc) is 2.00. The van der Waals surface area contributed by atoms with Crippen LogP contribution < -0.4 is 0 Å². The minimum absolute atomic E-state index is 0.272. The topological polar surface area (TPSA) is 40.9 Å². The van der Waals surface area contributed by atoms with Crippen LogP contribution in [0.1, 0.15) is 26.7 Å². The first kappa shape index (κ1) is 10.6. The molecule has 0 rings (SSSR count). The van der Waals surface area contributed by atoms with Gasteiger partial charge in [-0.15, -0.1) is 0 Å². The smallest absolute Gasteiger partial charge is 0.0687 e. The summed E-state index contributed by atoms with van der Waals surface area (Å²) in [5.74, 6) is 0.637. The molecular weight excluding hydrogens is 158 g/mol. The van der Waals surface area contributed by atoms with Gasteiger partial charge in [-0.05, 0) is 19.8 Å². The highest BCUT2D eigenvalue weighted by Crippen LogP contribution is 2.24. The monoisotopic (exact) mass is 173 g/mol. The van der Waals surface area contributed by atoms with Crippen LogP contribution in [-0.2, 0) is 10.8 Å². The van der Waals surface area contributed by atoms with Crippen molar-refractivity contribution in [3.8, 4) is 6.07 Å². The Kier molecular flexibility index (Phi) is 4.36. The Bertz CT molecular complexity index is 185. The van der Waals surface area contributed by atoms with Crippen LogP contribution in [0.5, 0.6) is 0 Å². The van der Waals surface area contributed by atoms with Crippen molar-refractivity contribution in [2.45, 2.75) is 26.7 Å². The summed E-state index contributed by atoms with van der Waals surface area (Å²) < 4.78 is 10.7. The molecule has 0 aliphatic carbocycles. The van der Waals surface area contributed by atoms with E-state index in [1.165, 1.54) is 0 Å². The van der Waals surface area contributed by atoms with Gasteiger partial charge in [0.15, 0.2) is 0 Å². The minimum atomic E-state index is -0.766. The molecule has 0 radical (unpaired) electrons. The van der Waals surface area contributed by atoms with Gasteiger partial charge >= 0.3 is 0 Å². The Morgan fingerprint density at radius 3 is 2.45 bits per heavy atom. The first-order valence-electron chi connectivity index (χ1n) is 3.75. The lowest BCUT2D eigenvalue weighted by atomic mass is 9.87. The van der Waals surface area contributed by atoms with Gasteiger partial charge in [-0.3, -0.25) is 4.21 Å². The molecule has 3 heteroatoms. The molecule has 0 aromatic carbocycles. The fourth-order valence-electron chi connectivity index (χ4n) is 0.681. The maximum Gasteiger partial charge on any atom is 0.0687 e. The highest BCUT2D eigenvalue weighted by Gasteiger charge is 2.20. The summed E-state index contributed by atoms with van der Waals surface area (Å²) in [6.07, 6.45) is 3.25. The quantitative estimate of drug-likeness (QED) is 0.649. The van der Waals surface area contributed by atoms with E-state index >= 15 is 0 Å². The molecule has 0 saturated carbocycles. The van der Waals surface area contributed by atoms with Crippen molar-refractivity contribution in [3.05, 3.63) is 0 Å². The fourth-order valence-corrected chi connectivity index (χ4v) is 1.42. The Labute approximate surface area is 71.1 Å². The molecule has 0 N–H and O–H groups in total. The summed E-state index contributed by atoms with van der Waals surface area (Å²) in [5.41, 5.74) is -0.272. The largest absolute Gasteiger partial charge is 0.260 e. The van der Waals surface area contributed by atoms with E-state index in [1.54, 1.807) is 6.26 Å². The van der Waals surface area contributed by atoms with Gasteiger partial charge in [-0.2, -0.15) is 5.26 Å². The van der Waals surface area contributed by atoms with Gasteiger partial charge < -0.3 is 0 Å². The predicted molar refractivity (Wildman–Crippen MR) is 47.6 cm³/mol. The highest BCUT2D eigenvalue weighted by atomic mass is 32.2. The third-order valence-corrected chi connectivity index (χ3v) is 2.77. The molecular formula is C8H15NOS. The molecule has 2 nitrogen and oxygen atoms in total. The molecule has 11 heavy (non-hydrogen) atoms. The number of hydrogen-bond donors (Lipinski definition) is 0. The van der Waals surface area contributed by atoms with E-state index in [4.69, 9.17) is 5.26 Å². The molecule has 0 aliphatic heterocycles. The van der Waals surface area contributed by atoms with Gasteiger partial charge in [0.2, 0.25) is 0 Å². The number of rotatable bonds is 4. The van der Waals surface area contributed by atoms with E-state index < -0.39 is 10.8 Å². The predicted octanol–water partition coefficient (Wildman–Crippen LogP) is 1.69. The van der Waals surface area contributed by atoms with Crippen LogP contribution in [0.3, 0.4) is 0 Å². The average molecular weight is 173 g/mol. The highest BCUT2D eigenvalue weighted by molar-refractivity contribution is 7.84. The summed E-state index contributed by atoms with van der Waals surface area (Å²) in [6, 6.07) is 2.25. The van der Waals surface area contributed by atoms with Crippen LogP contribution in [0.25, 0.3) is 0 Å². The van der Waals surface area contributed by atoms with Crippen LogP contribution in [0.4, 0.5) is 0 Å². The van der Waals surface area contributed by atoms with Gasteiger partial charge in [0.05, 0.1) is 11.5 Å². The van der Waals surface area contributed by atoms with E-state index in [-0.39, 0.29) is 5.41 Å². The first-order valence-corrected chi connectivity index (χ1v) is 5.48. The summed E-state index contributed by atoms with van der Waals surface area (Å²) in [4.78, 5) is 0. The molecule has 0 fully saturated rings. The zero-order valence-electron chi connectivity index (χ0n) is 7.39. The molecule has 0 amide bonds. The Morgan fingerprint density at radius 1 is 1.64 bits per heavy atom. The number of nitriles is 1. The van der Waals surface area contributed by atoms with E-state index in [9.17, 15) is 4.21 Å². The molecule has 0 spiro atoms. The van der Waals surface area contributed by atoms with E-state index in [1.807, 2.05) is 13.8 Å². The minimum Gasteiger partial charge on any atom is -0.260 e. The summed E-state index contributed by atoms with van der Waals surface area (Å²) in [7, 11) is -0.766. The molecule has 0 heterocycles. The van der Waals surface area contributed by atoms with Gasteiger partial charge in [0, 0.05) is 22.8 Å². The van der Waals surface area contributed by atoms with Crippen molar-refractivity contribution in [3.63, 3.8) is 0 Å². The third kappa shape index (κ3) is 4.15. The van der Waals surface area contributed by atoms with Gasteiger partial charge in [-0.1, -0.05) is 6.92 Å². The molecule has 0 aliphatic rings. The fraction of sp³-hybridized carbons (Fsp3) is 0.875. The Morgan fingerprint density at radius 2 is 2.18 bits per heavy atom. The zero-order valence-corrected chi connectivity index (χ0v) is 8.20. The maximum atomic E-state index is 10.7. The van der Waals surface area contributed by atoms with E-state index in [0.717, 1.165) is 12.8 Å². The second kappa shape index (κ2) is 4.50. The summed E-state index contributed by atoms with van der Waals surface area (Å²) >= 11 is 0. The molecule has 0 aromatic rings. The van der Waals surface area contributed by atoms with Crippen LogP contribution in [0, 0.1) is 16.7 Å². The van der Waals surface area contributed by atoms with E-state index in [0.29, 0.717) is 5.75 Å². The molecule has 64 valence electrons. The van der Waals surface area contributed by atoms with Crippen molar-refractivity contribution in [1.29, 1.82) is 5.26 Å². The van der Waals surface area contributed by atoms with Crippen molar-refractivity contribution < 1.29 is 4.21 Å². The normalized spacial score (nSPS) is 18.4. The Hall–Kier alpha value is -0.360. The molecule has 2 unspecified atom stereocenters. The summed E-state index contributed by atoms with van der Waals surface area (Å²) in [5, 5.41) is 8.75. The van der Waals surface area contributed by atoms with Gasteiger partial charge in [0.1, 0.15) is 0 Å². The SMILES string of the molecule is CCC(C)(C#N)CCS(C)=O. The second-order valence-electron chi connectivity index (χ2n) is 3.05. The molecule has 0 bridgehead atoms. The third-order valence-electron chi connectivity index (χ3n) is 1.99. The van der Waals surface area contributed by atoms with Crippen LogP contribution in [-0.4, -0.2) is 16.2 Å². The molecule has 2 atom stereocenters. The van der Waals surface area contributed by atoms with Crippen molar-refractivity contribution in [2.75, 3.05) is 12.0 Å². The number of nitrogens with zero attached hydrogens (tertiary/aromatic N) is 1. The lowest BCUT2D eigenvalue weighted by Gasteiger charge is -2.17. The number of hydrogen-bond acceptors (Lipinski definition) is 2. The first-order chi connectivity index (χ1) is 5.04. The van der Waals surface area contributed by atoms with Crippen molar-refractivity contribution in [2.24, 2.45) is 5.41 Å². The van der Waals surface area contributed by atoms with Crippen LogP contribution in [0.2, 0.25) is 0 Å². The standard InChI is InChI=1S/C8H15NOS/c1-4-8(2,7-9)5-6-11(3)10/h4-6H2,1-3H3. The zero-order chi connectivity index (χ0) is 8.91. The lowest BCUT2D eigenvalue weighted by Crippen LogP contribution is -2.15. The van der Waals surface area contributed by atoms with Gasteiger partial charge in [-0.25, -0.2) is 0 Å². The molecule has 0 saturated heterocycles. The van der Waals surface area contributed by atoms with Gasteiger partial charge in [0.25, 0.3) is 0 Å². The summed E-state index contributed by atoms with van der Waals surface area (Å²) in [6.45, 7) is 3.90. The van der Waals surface area contributed by atoms with Crippen LogP contribution >= 0.6 is 0 Å². The van der Waals surface area contributed by atoms with Crippen LogP contribution in [0.15, 0.2) is 0 Å². The van der Waals surface area contributed by atoms with E-state index in [2.05, 4.69) is 6.07 Å². The van der Waals surface area contributed by atoms with Crippen molar-refractivity contribution in [1.82, 2.24) is 0 Å². The Balaban J connectivity index is 3.91. The molecule has 0 aromatic heterocycles. The lowest BCUT2D eigenvalue weighted by molar-refractivity contribution is 0.412. The second-order valence-corrected chi connectivity index (χ2v) is 4.61. The van der Waals surface area contributed by atoms with Crippen molar-refractivity contribution >= 4 is 10.8 Å².